The lowest BCUT2D eigenvalue weighted by Crippen LogP contribution is -1.87. The second kappa shape index (κ2) is 4.24. The number of pyridine rings is 1. The summed E-state index contributed by atoms with van der Waals surface area (Å²) >= 11 is 1.73. The van der Waals surface area contributed by atoms with E-state index in [9.17, 15) is 0 Å². The van der Waals surface area contributed by atoms with Gasteiger partial charge in [0.25, 0.3) is 0 Å². The van der Waals surface area contributed by atoms with Crippen molar-refractivity contribution in [2.45, 2.75) is 13.3 Å². The topological polar surface area (TPSA) is 54.0 Å². The monoisotopic (exact) mass is 254 g/mol. The molecule has 0 saturated carbocycles. The molecule has 0 aliphatic heterocycles. The van der Waals surface area contributed by atoms with Crippen molar-refractivity contribution < 1.29 is 0 Å². The first kappa shape index (κ1) is 10.9. The van der Waals surface area contributed by atoms with Crippen LogP contribution in [0.2, 0.25) is 0 Å². The zero-order valence-electron chi connectivity index (χ0n) is 9.79. The number of fused-ring (bicyclic) bond motifs is 1. The minimum atomic E-state index is 0.599. The molecule has 3 heterocycles. The van der Waals surface area contributed by atoms with Gasteiger partial charge < -0.3 is 0 Å². The van der Waals surface area contributed by atoms with Crippen molar-refractivity contribution in [3.8, 4) is 16.8 Å². The van der Waals surface area contributed by atoms with Crippen LogP contribution in [0.4, 0.5) is 0 Å². The lowest BCUT2D eigenvalue weighted by atomic mass is 10.3. The Hall–Kier alpha value is -2.19. The molecule has 0 aliphatic carbocycles. The van der Waals surface area contributed by atoms with Gasteiger partial charge >= 0.3 is 0 Å². The Morgan fingerprint density at radius 2 is 2.22 bits per heavy atom. The number of hydrogen-bond acceptors (Lipinski definition) is 4. The first-order valence-electron chi connectivity index (χ1n) is 5.66. The summed E-state index contributed by atoms with van der Waals surface area (Å²) in [5, 5.41) is 17.2. The van der Waals surface area contributed by atoms with Gasteiger partial charge in [0, 0.05) is 17.1 Å². The minimum absolute atomic E-state index is 0.599. The van der Waals surface area contributed by atoms with Crippen molar-refractivity contribution in [1.29, 1.82) is 5.26 Å². The second-order valence-corrected chi connectivity index (χ2v) is 5.07. The van der Waals surface area contributed by atoms with Gasteiger partial charge in [-0.3, -0.25) is 4.40 Å². The largest absolute Gasteiger partial charge is 0.282 e. The Kier molecular flexibility index (Phi) is 2.58. The third-order valence-electron chi connectivity index (χ3n) is 2.77. The van der Waals surface area contributed by atoms with Crippen LogP contribution in [0.5, 0.6) is 0 Å². The van der Waals surface area contributed by atoms with Crippen molar-refractivity contribution >= 4 is 17.0 Å². The quantitative estimate of drug-likeness (QED) is 0.706. The van der Waals surface area contributed by atoms with Crippen molar-refractivity contribution in [2.24, 2.45) is 0 Å². The van der Waals surface area contributed by atoms with Crippen LogP contribution in [-0.4, -0.2) is 14.6 Å². The van der Waals surface area contributed by atoms with E-state index < -0.39 is 0 Å². The lowest BCUT2D eigenvalue weighted by Gasteiger charge is -1.96. The van der Waals surface area contributed by atoms with Gasteiger partial charge in [-0.2, -0.15) is 5.26 Å². The highest BCUT2D eigenvalue weighted by atomic mass is 32.1. The average molecular weight is 254 g/mol. The van der Waals surface area contributed by atoms with Crippen molar-refractivity contribution in [3.05, 3.63) is 40.9 Å². The molecule has 4 nitrogen and oxygen atoms in total. The molecule has 3 aromatic heterocycles. The van der Waals surface area contributed by atoms with E-state index in [0.29, 0.717) is 11.2 Å². The van der Waals surface area contributed by atoms with Gasteiger partial charge in [-0.05, 0) is 24.6 Å². The molecule has 0 radical (unpaired) electrons. The first-order chi connectivity index (χ1) is 8.81. The summed E-state index contributed by atoms with van der Waals surface area (Å²) in [5.74, 6) is 0.833. The zero-order chi connectivity index (χ0) is 12.5. The molecule has 0 aromatic carbocycles. The van der Waals surface area contributed by atoms with Crippen LogP contribution in [0.25, 0.3) is 16.3 Å². The number of hydrogen-bond donors (Lipinski definition) is 0. The highest BCUT2D eigenvalue weighted by molar-refractivity contribution is 7.15. The molecule has 0 spiro atoms. The molecule has 0 fully saturated rings. The Labute approximate surface area is 108 Å². The normalized spacial score (nSPS) is 10.7. The number of rotatable bonds is 2. The molecule has 18 heavy (non-hydrogen) atoms. The molecular formula is C13H10N4S. The Morgan fingerprint density at radius 1 is 1.33 bits per heavy atom. The number of aryl methyl sites for hydroxylation is 1. The number of aromatic nitrogens is 3. The molecular weight excluding hydrogens is 244 g/mol. The molecule has 0 aliphatic rings. The highest BCUT2D eigenvalue weighted by Gasteiger charge is 2.10. The maximum absolute atomic E-state index is 8.85. The van der Waals surface area contributed by atoms with E-state index >= 15 is 0 Å². The molecule has 0 N–H and O–H groups in total. The Bertz CT molecular complexity index is 748. The summed E-state index contributed by atoms with van der Waals surface area (Å²) < 4.78 is 1.91. The maximum atomic E-state index is 8.85. The maximum Gasteiger partial charge on any atom is 0.178 e. The molecule has 3 rings (SSSR count). The van der Waals surface area contributed by atoms with E-state index in [0.717, 1.165) is 17.1 Å². The number of thiophene rings is 1. The van der Waals surface area contributed by atoms with E-state index in [1.807, 2.05) is 10.6 Å². The van der Waals surface area contributed by atoms with Crippen LogP contribution in [0.3, 0.4) is 0 Å². The summed E-state index contributed by atoms with van der Waals surface area (Å²) in [5.41, 5.74) is 1.30. The van der Waals surface area contributed by atoms with Gasteiger partial charge in [-0.15, -0.1) is 21.5 Å². The summed E-state index contributed by atoms with van der Waals surface area (Å²) in [6.07, 6.45) is 2.87. The van der Waals surface area contributed by atoms with E-state index in [2.05, 4.69) is 35.3 Å². The molecule has 3 aromatic rings. The molecule has 0 amide bonds. The minimum Gasteiger partial charge on any atom is -0.282 e. The van der Waals surface area contributed by atoms with Gasteiger partial charge in [-0.25, -0.2) is 0 Å². The fourth-order valence-electron chi connectivity index (χ4n) is 1.82. The van der Waals surface area contributed by atoms with Crippen molar-refractivity contribution in [3.63, 3.8) is 0 Å². The van der Waals surface area contributed by atoms with Gasteiger partial charge in [0.05, 0.1) is 16.5 Å². The predicted molar refractivity (Wildman–Crippen MR) is 70.4 cm³/mol. The summed E-state index contributed by atoms with van der Waals surface area (Å²) in [6.45, 7) is 2.14. The molecule has 0 unspecified atom stereocenters. The Morgan fingerprint density at radius 3 is 2.94 bits per heavy atom. The summed E-state index contributed by atoms with van der Waals surface area (Å²) in [6, 6.07) is 9.80. The smallest absolute Gasteiger partial charge is 0.178 e. The molecule has 0 atom stereocenters. The molecule has 0 saturated heterocycles. The van der Waals surface area contributed by atoms with Crippen LogP contribution in [0.15, 0.2) is 30.5 Å². The fourth-order valence-corrected chi connectivity index (χ4v) is 2.75. The lowest BCUT2D eigenvalue weighted by molar-refractivity contribution is 1.12. The molecule has 88 valence electrons. The second-order valence-electron chi connectivity index (χ2n) is 3.90. The van der Waals surface area contributed by atoms with Crippen molar-refractivity contribution in [2.75, 3.05) is 0 Å². The first-order valence-corrected chi connectivity index (χ1v) is 6.47. The Balaban J connectivity index is 2.15. The van der Waals surface area contributed by atoms with Crippen LogP contribution < -0.4 is 0 Å². The van der Waals surface area contributed by atoms with Gasteiger partial charge in [0.2, 0.25) is 0 Å². The third kappa shape index (κ3) is 1.67. The van der Waals surface area contributed by atoms with E-state index in [4.69, 9.17) is 5.26 Å². The van der Waals surface area contributed by atoms with Gasteiger partial charge in [0.1, 0.15) is 0 Å². The summed E-state index contributed by atoms with van der Waals surface area (Å²) in [4.78, 5) is 2.43. The highest BCUT2D eigenvalue weighted by Crippen LogP contribution is 2.27. The zero-order valence-corrected chi connectivity index (χ0v) is 10.6. The van der Waals surface area contributed by atoms with Crippen LogP contribution in [0.1, 0.15) is 17.4 Å². The number of nitrogens with zero attached hydrogens (tertiary/aromatic N) is 4. The van der Waals surface area contributed by atoms with Crippen LogP contribution in [0, 0.1) is 11.3 Å². The fraction of sp³-hybridized carbons (Fsp3) is 0.154. The van der Waals surface area contributed by atoms with Crippen LogP contribution >= 0.6 is 11.3 Å². The van der Waals surface area contributed by atoms with Crippen molar-refractivity contribution in [1.82, 2.24) is 14.6 Å². The average Bonchev–Trinajstić information content (AvgIpc) is 3.03. The number of nitriles is 1. The molecule has 0 bridgehead atoms. The van der Waals surface area contributed by atoms with E-state index in [1.54, 1.807) is 23.5 Å². The summed E-state index contributed by atoms with van der Waals surface area (Å²) in [7, 11) is 0. The molecule has 5 heteroatoms. The standard InChI is InChI=1S/C13H10N4S/c1-2-10-3-4-11(18-10)13-16-15-12-7-9(8-14)5-6-17(12)13/h3-7H,2H2,1H3. The predicted octanol–water partition coefficient (Wildman–Crippen LogP) is 2.89. The van der Waals surface area contributed by atoms with E-state index in [-0.39, 0.29) is 0 Å². The van der Waals surface area contributed by atoms with E-state index in [1.165, 1.54) is 4.88 Å². The third-order valence-corrected chi connectivity index (χ3v) is 4.00. The van der Waals surface area contributed by atoms with Crippen LogP contribution in [-0.2, 0) is 6.42 Å². The van der Waals surface area contributed by atoms with Gasteiger partial charge in [-0.1, -0.05) is 6.92 Å². The SMILES string of the molecule is CCc1ccc(-c2nnc3cc(C#N)ccn23)s1. The van der Waals surface area contributed by atoms with Gasteiger partial charge in [0.15, 0.2) is 11.5 Å².